The highest BCUT2D eigenvalue weighted by molar-refractivity contribution is 7.99. The van der Waals surface area contributed by atoms with Crippen molar-refractivity contribution in [1.29, 1.82) is 0 Å². The Labute approximate surface area is 144 Å². The van der Waals surface area contributed by atoms with Crippen LogP contribution in [0.4, 0.5) is 18.0 Å². The minimum absolute atomic E-state index is 0.213. The van der Waals surface area contributed by atoms with E-state index in [1.54, 1.807) is 22.0 Å². The van der Waals surface area contributed by atoms with Crippen LogP contribution in [-0.4, -0.2) is 45.2 Å². The Bertz CT molecular complexity index is 730. The Morgan fingerprint density at radius 3 is 2.72 bits per heavy atom. The molecule has 0 radical (unpaired) electrons. The molecule has 0 aliphatic heterocycles. The number of urea groups is 1. The summed E-state index contributed by atoms with van der Waals surface area (Å²) in [6.45, 7) is 0.847. The highest BCUT2D eigenvalue weighted by atomic mass is 32.2. The van der Waals surface area contributed by atoms with Crippen LogP contribution in [-0.2, 0) is 11.3 Å². The van der Waals surface area contributed by atoms with E-state index in [0.29, 0.717) is 23.3 Å². The Morgan fingerprint density at radius 2 is 2.12 bits per heavy atom. The molecule has 0 fully saturated rings. The highest BCUT2D eigenvalue weighted by Crippen LogP contribution is 2.24. The second-order valence-electron chi connectivity index (χ2n) is 4.66. The minimum Gasteiger partial charge on any atom is -0.461 e. The predicted octanol–water partition coefficient (Wildman–Crippen LogP) is 2.04. The zero-order valence-corrected chi connectivity index (χ0v) is 13.8. The number of hydrogen-bond acceptors (Lipinski definition) is 6. The van der Waals surface area contributed by atoms with E-state index < -0.39 is 24.7 Å². The summed E-state index contributed by atoms with van der Waals surface area (Å²) in [7, 11) is 0. The van der Waals surface area contributed by atoms with E-state index in [4.69, 9.17) is 4.42 Å². The number of imide groups is 1. The fourth-order valence-electron chi connectivity index (χ4n) is 1.79. The number of halogens is 3. The molecule has 2 N–H and O–H groups in total. The SMILES string of the molecule is CCn1c(SCC(=O)NC(=O)NCC(F)(F)F)nnc1-c1ccco1. The van der Waals surface area contributed by atoms with E-state index in [0.717, 1.165) is 11.8 Å². The van der Waals surface area contributed by atoms with Gasteiger partial charge in [0.2, 0.25) is 5.91 Å². The Balaban J connectivity index is 1.89. The second kappa shape index (κ2) is 8.05. The first-order valence-electron chi connectivity index (χ1n) is 7.04. The average molecular weight is 377 g/mol. The molecule has 0 aliphatic carbocycles. The van der Waals surface area contributed by atoms with Crippen LogP contribution in [0, 0.1) is 0 Å². The number of nitrogens with zero attached hydrogens (tertiary/aromatic N) is 3. The van der Waals surface area contributed by atoms with Crippen LogP contribution in [0.5, 0.6) is 0 Å². The molecule has 0 aromatic carbocycles. The number of alkyl halides is 3. The molecule has 25 heavy (non-hydrogen) atoms. The fourth-order valence-corrected chi connectivity index (χ4v) is 2.59. The standard InChI is InChI=1S/C13H14F3N5O3S/c1-2-21-10(8-4-3-5-24-8)19-20-12(21)25-6-9(22)18-11(23)17-7-13(14,15)16/h3-5H,2,6-7H2,1H3,(H2,17,18,22,23). The molecule has 136 valence electrons. The lowest BCUT2D eigenvalue weighted by molar-refractivity contribution is -0.124. The van der Waals surface area contributed by atoms with Gasteiger partial charge in [-0.2, -0.15) is 13.2 Å². The third kappa shape index (κ3) is 5.52. The lowest BCUT2D eigenvalue weighted by Crippen LogP contribution is -2.43. The molecule has 0 bridgehead atoms. The molecule has 3 amide bonds. The van der Waals surface area contributed by atoms with Crippen LogP contribution in [0.1, 0.15) is 6.92 Å². The lowest BCUT2D eigenvalue weighted by Gasteiger charge is -2.09. The first-order valence-corrected chi connectivity index (χ1v) is 8.03. The van der Waals surface area contributed by atoms with Crippen molar-refractivity contribution in [3.05, 3.63) is 18.4 Å². The van der Waals surface area contributed by atoms with Gasteiger partial charge >= 0.3 is 12.2 Å². The van der Waals surface area contributed by atoms with E-state index >= 15 is 0 Å². The Kier molecular flexibility index (Phi) is 6.07. The summed E-state index contributed by atoms with van der Waals surface area (Å²) in [6, 6.07) is 2.20. The van der Waals surface area contributed by atoms with E-state index in [2.05, 4.69) is 10.2 Å². The maximum Gasteiger partial charge on any atom is 0.405 e. The van der Waals surface area contributed by atoms with Gasteiger partial charge in [-0.3, -0.25) is 14.7 Å². The van der Waals surface area contributed by atoms with Gasteiger partial charge in [0.15, 0.2) is 16.7 Å². The van der Waals surface area contributed by atoms with Crippen LogP contribution in [0.25, 0.3) is 11.6 Å². The average Bonchev–Trinajstić information content (AvgIpc) is 3.18. The molecule has 0 spiro atoms. The van der Waals surface area contributed by atoms with Crippen LogP contribution in [0.15, 0.2) is 28.0 Å². The van der Waals surface area contributed by atoms with Crippen molar-refractivity contribution in [1.82, 2.24) is 25.4 Å². The van der Waals surface area contributed by atoms with E-state index in [1.807, 2.05) is 12.2 Å². The number of aromatic nitrogens is 3. The largest absolute Gasteiger partial charge is 0.461 e. The number of carbonyl (C=O) groups excluding carboxylic acids is 2. The van der Waals surface area contributed by atoms with Gasteiger partial charge in [0.1, 0.15) is 6.54 Å². The Hall–Kier alpha value is -2.50. The molecule has 0 saturated heterocycles. The summed E-state index contributed by atoms with van der Waals surface area (Å²) < 4.78 is 42.9. The summed E-state index contributed by atoms with van der Waals surface area (Å²) in [4.78, 5) is 22.8. The predicted molar refractivity (Wildman–Crippen MR) is 81.7 cm³/mol. The molecular formula is C13H14F3N5O3S. The van der Waals surface area contributed by atoms with Gasteiger partial charge < -0.3 is 9.73 Å². The van der Waals surface area contributed by atoms with Gasteiger partial charge in [-0.25, -0.2) is 4.79 Å². The molecule has 0 atom stereocenters. The van der Waals surface area contributed by atoms with Gasteiger partial charge in [0.05, 0.1) is 12.0 Å². The first-order chi connectivity index (χ1) is 11.8. The van der Waals surface area contributed by atoms with Crippen molar-refractivity contribution >= 4 is 23.7 Å². The van der Waals surface area contributed by atoms with Gasteiger partial charge in [-0.15, -0.1) is 10.2 Å². The summed E-state index contributed by atoms with van der Waals surface area (Å²) in [5.74, 6) is 0.0285. The lowest BCUT2D eigenvalue weighted by atomic mass is 10.4. The third-order valence-corrected chi connectivity index (χ3v) is 3.78. The normalized spacial score (nSPS) is 11.4. The van der Waals surface area contributed by atoms with Crippen LogP contribution >= 0.6 is 11.8 Å². The quantitative estimate of drug-likeness (QED) is 0.747. The molecule has 2 aromatic heterocycles. The van der Waals surface area contributed by atoms with E-state index in [9.17, 15) is 22.8 Å². The molecule has 0 aliphatic rings. The van der Waals surface area contributed by atoms with Gasteiger partial charge in [0, 0.05) is 6.54 Å². The van der Waals surface area contributed by atoms with Crippen molar-refractivity contribution in [3.63, 3.8) is 0 Å². The maximum absolute atomic E-state index is 12.0. The number of rotatable bonds is 6. The minimum atomic E-state index is -4.55. The van der Waals surface area contributed by atoms with E-state index in [1.165, 1.54) is 6.26 Å². The zero-order chi connectivity index (χ0) is 18.4. The topological polar surface area (TPSA) is 102 Å². The first kappa shape index (κ1) is 18.8. The van der Waals surface area contributed by atoms with Gasteiger partial charge in [-0.05, 0) is 19.1 Å². The van der Waals surface area contributed by atoms with Crippen LogP contribution in [0.3, 0.4) is 0 Å². The second-order valence-corrected chi connectivity index (χ2v) is 5.60. The van der Waals surface area contributed by atoms with Crippen molar-refractivity contribution in [2.24, 2.45) is 0 Å². The number of carbonyl (C=O) groups is 2. The van der Waals surface area contributed by atoms with Crippen LogP contribution < -0.4 is 10.6 Å². The summed E-state index contributed by atoms with van der Waals surface area (Å²) in [5.41, 5.74) is 0. The zero-order valence-electron chi connectivity index (χ0n) is 13.0. The van der Waals surface area contributed by atoms with Gasteiger partial charge in [0.25, 0.3) is 0 Å². The number of amides is 3. The van der Waals surface area contributed by atoms with Crippen molar-refractivity contribution in [3.8, 4) is 11.6 Å². The smallest absolute Gasteiger partial charge is 0.405 e. The highest BCUT2D eigenvalue weighted by Gasteiger charge is 2.28. The number of hydrogen-bond donors (Lipinski definition) is 2. The summed E-state index contributed by atoms with van der Waals surface area (Å²) in [6.07, 6.45) is -3.06. The van der Waals surface area contributed by atoms with Crippen molar-refractivity contribution < 1.29 is 27.2 Å². The number of nitrogens with one attached hydrogen (secondary N) is 2. The number of thioether (sulfide) groups is 1. The molecule has 12 heteroatoms. The summed E-state index contributed by atoms with van der Waals surface area (Å²) in [5, 5.41) is 11.7. The molecule has 2 rings (SSSR count). The Morgan fingerprint density at radius 1 is 1.36 bits per heavy atom. The maximum atomic E-state index is 12.0. The fraction of sp³-hybridized carbons (Fsp3) is 0.385. The number of furan rings is 1. The summed E-state index contributed by atoms with van der Waals surface area (Å²) >= 11 is 0.997. The molecule has 2 heterocycles. The molecule has 0 unspecified atom stereocenters. The van der Waals surface area contributed by atoms with Crippen molar-refractivity contribution in [2.45, 2.75) is 24.8 Å². The molecular weight excluding hydrogens is 363 g/mol. The van der Waals surface area contributed by atoms with Gasteiger partial charge in [-0.1, -0.05) is 11.8 Å². The van der Waals surface area contributed by atoms with E-state index in [-0.39, 0.29) is 5.75 Å². The molecule has 2 aromatic rings. The van der Waals surface area contributed by atoms with Crippen LogP contribution in [0.2, 0.25) is 0 Å². The van der Waals surface area contributed by atoms with Crippen molar-refractivity contribution in [2.75, 3.05) is 12.3 Å². The molecule has 0 saturated carbocycles. The third-order valence-electron chi connectivity index (χ3n) is 2.81. The monoisotopic (exact) mass is 377 g/mol. The molecule has 8 nitrogen and oxygen atoms in total.